The molecule has 1 atom stereocenters. The fourth-order valence-electron chi connectivity index (χ4n) is 0.637. The van der Waals surface area contributed by atoms with Crippen molar-refractivity contribution in [1.29, 1.82) is 0 Å². The van der Waals surface area contributed by atoms with Gasteiger partial charge < -0.3 is 6.92 Å². The Morgan fingerprint density at radius 1 is 1.50 bits per heavy atom. The molecule has 0 aromatic carbocycles. The van der Waals surface area contributed by atoms with E-state index in [4.69, 9.17) is 0 Å². The SMILES string of the molecule is [CH2-]CC(C)CCC.[Y]. The molecule has 0 fully saturated rings. The zero-order valence-corrected chi connectivity index (χ0v) is 8.82. The summed E-state index contributed by atoms with van der Waals surface area (Å²) in [4.78, 5) is 0. The molecule has 0 heterocycles. The molecule has 0 aliphatic carbocycles. The molecule has 0 aromatic rings. The predicted octanol–water partition coefficient (Wildman–Crippen LogP) is 2.64. The molecule has 1 radical (unpaired) electrons. The van der Waals surface area contributed by atoms with Crippen LogP contribution in [-0.4, -0.2) is 0 Å². The van der Waals surface area contributed by atoms with Gasteiger partial charge in [-0.2, -0.15) is 6.42 Å². The molecule has 0 amide bonds. The summed E-state index contributed by atoms with van der Waals surface area (Å²) >= 11 is 0. The number of rotatable bonds is 3. The van der Waals surface area contributed by atoms with Crippen molar-refractivity contribution in [2.75, 3.05) is 0 Å². The Balaban J connectivity index is 0. The average molecular weight is 188 g/mol. The monoisotopic (exact) mass is 188 g/mol. The van der Waals surface area contributed by atoms with Gasteiger partial charge in [-0.25, -0.2) is 0 Å². The van der Waals surface area contributed by atoms with Crippen LogP contribution in [0.1, 0.15) is 33.1 Å². The van der Waals surface area contributed by atoms with Crippen LogP contribution in [0.4, 0.5) is 0 Å². The Labute approximate surface area is 78.3 Å². The van der Waals surface area contributed by atoms with Gasteiger partial charge in [0.2, 0.25) is 0 Å². The second-order valence-electron chi connectivity index (χ2n) is 2.18. The maximum Gasteiger partial charge on any atom is 0 e. The van der Waals surface area contributed by atoms with Crippen LogP contribution < -0.4 is 0 Å². The van der Waals surface area contributed by atoms with Crippen molar-refractivity contribution < 1.29 is 32.7 Å². The van der Waals surface area contributed by atoms with E-state index in [-0.39, 0.29) is 32.7 Å². The van der Waals surface area contributed by atoms with Crippen molar-refractivity contribution in [3.63, 3.8) is 0 Å². The molecule has 1 heteroatoms. The van der Waals surface area contributed by atoms with E-state index in [1.165, 1.54) is 12.8 Å². The van der Waals surface area contributed by atoms with E-state index in [0.29, 0.717) is 0 Å². The molecule has 0 spiro atoms. The number of hydrogen-bond acceptors (Lipinski definition) is 0. The third-order valence-corrected chi connectivity index (χ3v) is 1.27. The van der Waals surface area contributed by atoms with Gasteiger partial charge in [0, 0.05) is 32.7 Å². The van der Waals surface area contributed by atoms with Crippen molar-refractivity contribution in [1.82, 2.24) is 0 Å². The number of hydrogen-bond donors (Lipinski definition) is 0. The van der Waals surface area contributed by atoms with E-state index in [0.717, 1.165) is 12.3 Å². The fraction of sp³-hybridized carbons (Fsp3) is 0.857. The van der Waals surface area contributed by atoms with Gasteiger partial charge in [-0.1, -0.05) is 32.6 Å². The van der Waals surface area contributed by atoms with Crippen LogP contribution in [0.15, 0.2) is 0 Å². The molecule has 0 aromatic heterocycles. The minimum atomic E-state index is 0. The molecule has 0 N–H and O–H groups in total. The maximum atomic E-state index is 3.80. The van der Waals surface area contributed by atoms with Crippen LogP contribution in [0.5, 0.6) is 0 Å². The molecule has 0 saturated heterocycles. The van der Waals surface area contributed by atoms with E-state index >= 15 is 0 Å². The third kappa shape index (κ3) is 7.10. The summed E-state index contributed by atoms with van der Waals surface area (Å²) in [6.07, 6.45) is 3.73. The zero-order chi connectivity index (χ0) is 5.70. The first kappa shape index (κ1) is 11.8. The van der Waals surface area contributed by atoms with Crippen LogP contribution in [0.25, 0.3) is 0 Å². The van der Waals surface area contributed by atoms with Crippen LogP contribution in [0.2, 0.25) is 0 Å². The Morgan fingerprint density at radius 2 is 2.00 bits per heavy atom. The van der Waals surface area contributed by atoms with Crippen molar-refractivity contribution >= 4 is 0 Å². The minimum absolute atomic E-state index is 0. The third-order valence-electron chi connectivity index (χ3n) is 1.27. The normalized spacial score (nSPS) is 12.4. The second kappa shape index (κ2) is 8.10. The van der Waals surface area contributed by atoms with Gasteiger partial charge >= 0.3 is 0 Å². The molecule has 1 unspecified atom stereocenters. The first-order valence-corrected chi connectivity index (χ1v) is 3.10. The predicted molar refractivity (Wildman–Crippen MR) is 34.0 cm³/mol. The molecule has 0 bridgehead atoms. The zero-order valence-electron chi connectivity index (χ0n) is 5.98. The first-order valence-electron chi connectivity index (χ1n) is 3.10. The summed E-state index contributed by atoms with van der Waals surface area (Å²) in [5.74, 6) is 0.838. The summed E-state index contributed by atoms with van der Waals surface area (Å²) in [5, 5.41) is 0. The van der Waals surface area contributed by atoms with Gasteiger partial charge in [-0.15, -0.1) is 0 Å². The summed E-state index contributed by atoms with van der Waals surface area (Å²) in [6.45, 7) is 8.27. The first-order chi connectivity index (χ1) is 3.31. The summed E-state index contributed by atoms with van der Waals surface area (Å²) in [6, 6.07) is 0. The Bertz CT molecular complexity index is 35.4. The van der Waals surface area contributed by atoms with Crippen molar-refractivity contribution in [2.24, 2.45) is 5.92 Å². The quantitative estimate of drug-likeness (QED) is 0.597. The maximum absolute atomic E-state index is 3.80. The molecule has 0 nitrogen and oxygen atoms in total. The molecule has 0 saturated carbocycles. The Morgan fingerprint density at radius 3 is 2.12 bits per heavy atom. The van der Waals surface area contributed by atoms with E-state index in [9.17, 15) is 0 Å². The molecule has 0 aliphatic rings. The fourth-order valence-corrected chi connectivity index (χ4v) is 0.637. The molecule has 0 rings (SSSR count). The van der Waals surface area contributed by atoms with Crippen molar-refractivity contribution in [3.05, 3.63) is 6.92 Å². The average Bonchev–Trinajstić information content (AvgIpc) is 1.68. The van der Waals surface area contributed by atoms with Crippen LogP contribution in [0, 0.1) is 12.8 Å². The molecule has 8 heavy (non-hydrogen) atoms. The molecule has 47 valence electrons. The van der Waals surface area contributed by atoms with E-state index in [2.05, 4.69) is 20.8 Å². The summed E-state index contributed by atoms with van der Waals surface area (Å²) in [7, 11) is 0. The van der Waals surface area contributed by atoms with E-state index in [1.807, 2.05) is 0 Å². The Hall–Kier alpha value is 1.10. The second-order valence-corrected chi connectivity index (χ2v) is 2.18. The van der Waals surface area contributed by atoms with Gasteiger partial charge in [-0.3, -0.25) is 0 Å². The van der Waals surface area contributed by atoms with Crippen LogP contribution >= 0.6 is 0 Å². The largest absolute Gasteiger partial charge is 0.343 e. The smallest absolute Gasteiger partial charge is 0 e. The van der Waals surface area contributed by atoms with E-state index in [1.54, 1.807) is 0 Å². The van der Waals surface area contributed by atoms with Gasteiger partial charge in [0.25, 0.3) is 0 Å². The summed E-state index contributed by atoms with van der Waals surface area (Å²) in [5.41, 5.74) is 0. The van der Waals surface area contributed by atoms with Gasteiger partial charge in [0.1, 0.15) is 0 Å². The van der Waals surface area contributed by atoms with Crippen LogP contribution in [-0.2, 0) is 32.7 Å². The van der Waals surface area contributed by atoms with Crippen molar-refractivity contribution in [2.45, 2.75) is 33.1 Å². The topological polar surface area (TPSA) is 0 Å². The Kier molecular flexibility index (Phi) is 12.0. The van der Waals surface area contributed by atoms with Gasteiger partial charge in [0.05, 0.1) is 0 Å². The van der Waals surface area contributed by atoms with Gasteiger partial charge in [0.15, 0.2) is 0 Å². The molecular weight excluding hydrogens is 173 g/mol. The van der Waals surface area contributed by atoms with Gasteiger partial charge in [-0.05, 0) is 0 Å². The molecular formula is C7H15Y-. The molecule has 0 aliphatic heterocycles. The van der Waals surface area contributed by atoms with Crippen molar-refractivity contribution in [3.8, 4) is 0 Å². The minimum Gasteiger partial charge on any atom is -0.343 e. The summed E-state index contributed by atoms with van der Waals surface area (Å²) < 4.78 is 0. The van der Waals surface area contributed by atoms with Crippen LogP contribution in [0.3, 0.4) is 0 Å². The van der Waals surface area contributed by atoms with E-state index < -0.39 is 0 Å². The standard InChI is InChI=1S/C7H15.Y/c1-4-6-7(3)5-2;/h7H,2,4-6H2,1,3H3;/q-1;.